The number of aliphatic hydroxyl groups is 1. The van der Waals surface area contributed by atoms with Crippen molar-refractivity contribution in [2.45, 2.75) is 38.7 Å². The van der Waals surface area contributed by atoms with Gasteiger partial charge in [0.2, 0.25) is 0 Å². The molecule has 0 spiro atoms. The summed E-state index contributed by atoms with van der Waals surface area (Å²) in [5.74, 6) is 0.0871. The van der Waals surface area contributed by atoms with Gasteiger partial charge in [-0.3, -0.25) is 10.1 Å². The summed E-state index contributed by atoms with van der Waals surface area (Å²) >= 11 is 0. The first kappa shape index (κ1) is 12.0. The third kappa shape index (κ3) is 1.72. The highest BCUT2D eigenvalue weighted by Crippen LogP contribution is 2.56. The maximum absolute atomic E-state index is 11.0. The summed E-state index contributed by atoms with van der Waals surface area (Å²) in [5, 5.41) is 20.8. The Bertz CT molecular complexity index is 446. The number of nitro benzene ring substituents is 1. The van der Waals surface area contributed by atoms with E-state index in [0.29, 0.717) is 6.42 Å². The fourth-order valence-electron chi connectivity index (χ4n) is 2.75. The van der Waals surface area contributed by atoms with Gasteiger partial charge < -0.3 is 5.11 Å². The number of para-hydroxylation sites is 1. The number of nitrogens with zero attached hydrogens (tertiary/aromatic N) is 1. The SMILES string of the molecule is CCC1(C)C(O)CC1c1ccccc1[N+](=O)[O-]. The number of benzene rings is 1. The highest BCUT2D eigenvalue weighted by molar-refractivity contribution is 5.45. The van der Waals surface area contributed by atoms with Gasteiger partial charge in [0.05, 0.1) is 11.0 Å². The minimum atomic E-state index is -0.350. The molecule has 1 aromatic carbocycles. The first-order chi connectivity index (χ1) is 8.00. The van der Waals surface area contributed by atoms with Gasteiger partial charge in [-0.1, -0.05) is 32.0 Å². The lowest BCUT2D eigenvalue weighted by molar-refractivity contribution is -0.386. The average molecular weight is 235 g/mol. The predicted molar refractivity (Wildman–Crippen MR) is 64.9 cm³/mol. The number of nitro groups is 1. The first-order valence-corrected chi connectivity index (χ1v) is 5.92. The maximum Gasteiger partial charge on any atom is 0.272 e. The number of hydrogen-bond acceptors (Lipinski definition) is 3. The van der Waals surface area contributed by atoms with Crippen molar-refractivity contribution in [2.75, 3.05) is 0 Å². The Morgan fingerprint density at radius 1 is 1.53 bits per heavy atom. The summed E-state index contributed by atoms with van der Waals surface area (Å²) in [6.07, 6.45) is 1.09. The third-order valence-corrected chi connectivity index (χ3v) is 4.29. The van der Waals surface area contributed by atoms with E-state index in [1.165, 1.54) is 6.07 Å². The number of aliphatic hydroxyl groups excluding tert-OH is 1. The summed E-state index contributed by atoms with van der Waals surface area (Å²) < 4.78 is 0. The minimum Gasteiger partial charge on any atom is -0.393 e. The van der Waals surface area contributed by atoms with Gasteiger partial charge in [0.1, 0.15) is 0 Å². The van der Waals surface area contributed by atoms with E-state index in [2.05, 4.69) is 0 Å². The molecule has 1 saturated carbocycles. The van der Waals surface area contributed by atoms with E-state index in [1.54, 1.807) is 6.07 Å². The average Bonchev–Trinajstić information content (AvgIpc) is 2.34. The van der Waals surface area contributed by atoms with Crippen molar-refractivity contribution in [1.82, 2.24) is 0 Å². The Morgan fingerprint density at radius 2 is 2.18 bits per heavy atom. The van der Waals surface area contributed by atoms with Crippen molar-refractivity contribution in [1.29, 1.82) is 0 Å². The fourth-order valence-corrected chi connectivity index (χ4v) is 2.75. The molecule has 1 aromatic rings. The van der Waals surface area contributed by atoms with Crippen LogP contribution >= 0.6 is 0 Å². The van der Waals surface area contributed by atoms with E-state index < -0.39 is 0 Å². The molecule has 17 heavy (non-hydrogen) atoms. The Balaban J connectivity index is 2.39. The monoisotopic (exact) mass is 235 g/mol. The molecule has 0 saturated heterocycles. The van der Waals surface area contributed by atoms with Crippen molar-refractivity contribution >= 4 is 5.69 Å². The van der Waals surface area contributed by atoms with Gasteiger partial charge >= 0.3 is 0 Å². The summed E-state index contributed by atoms with van der Waals surface area (Å²) in [5.41, 5.74) is 0.697. The standard InChI is InChI=1S/C13H17NO3/c1-3-13(2)10(8-12(13)15)9-6-4-5-7-11(9)14(16)17/h4-7,10,12,15H,3,8H2,1-2H3. The van der Waals surface area contributed by atoms with E-state index in [-0.39, 0.29) is 28.0 Å². The summed E-state index contributed by atoms with van der Waals surface area (Å²) in [6.45, 7) is 4.02. The van der Waals surface area contributed by atoms with Gasteiger partial charge in [0.15, 0.2) is 0 Å². The molecule has 4 nitrogen and oxygen atoms in total. The summed E-state index contributed by atoms with van der Waals surface area (Å²) in [6, 6.07) is 6.85. The lowest BCUT2D eigenvalue weighted by Crippen LogP contribution is -2.49. The van der Waals surface area contributed by atoms with Gasteiger partial charge in [0, 0.05) is 23.0 Å². The highest BCUT2D eigenvalue weighted by Gasteiger charge is 2.51. The third-order valence-electron chi connectivity index (χ3n) is 4.29. The van der Waals surface area contributed by atoms with Gasteiger partial charge in [-0.25, -0.2) is 0 Å². The van der Waals surface area contributed by atoms with Crippen molar-refractivity contribution in [3.8, 4) is 0 Å². The van der Waals surface area contributed by atoms with Crippen LogP contribution in [-0.4, -0.2) is 16.1 Å². The van der Waals surface area contributed by atoms with Crippen molar-refractivity contribution in [3.05, 3.63) is 39.9 Å². The van der Waals surface area contributed by atoms with E-state index in [0.717, 1.165) is 12.0 Å². The number of hydrogen-bond donors (Lipinski definition) is 1. The molecule has 3 unspecified atom stereocenters. The molecule has 0 aromatic heterocycles. The van der Waals surface area contributed by atoms with Crippen LogP contribution in [-0.2, 0) is 0 Å². The van der Waals surface area contributed by atoms with E-state index in [1.807, 2.05) is 26.0 Å². The van der Waals surface area contributed by atoms with Crippen LogP contribution in [0, 0.1) is 15.5 Å². The largest absolute Gasteiger partial charge is 0.393 e. The minimum absolute atomic E-state index is 0.0871. The van der Waals surface area contributed by atoms with Crippen LogP contribution in [0.2, 0.25) is 0 Å². The van der Waals surface area contributed by atoms with Crippen LogP contribution in [0.15, 0.2) is 24.3 Å². The second-order valence-corrected chi connectivity index (χ2v) is 4.98. The Morgan fingerprint density at radius 3 is 2.71 bits per heavy atom. The second-order valence-electron chi connectivity index (χ2n) is 4.98. The van der Waals surface area contributed by atoms with E-state index >= 15 is 0 Å². The fraction of sp³-hybridized carbons (Fsp3) is 0.538. The molecule has 0 radical (unpaired) electrons. The molecule has 2 rings (SSSR count). The Hall–Kier alpha value is -1.42. The molecule has 4 heteroatoms. The lowest BCUT2D eigenvalue weighted by Gasteiger charge is -2.51. The van der Waals surface area contributed by atoms with Gasteiger partial charge in [-0.15, -0.1) is 0 Å². The molecule has 1 aliphatic rings. The zero-order valence-electron chi connectivity index (χ0n) is 10.1. The molecule has 0 amide bonds. The molecule has 1 fully saturated rings. The van der Waals surface area contributed by atoms with Crippen LogP contribution in [0.25, 0.3) is 0 Å². The zero-order valence-corrected chi connectivity index (χ0v) is 10.1. The highest BCUT2D eigenvalue weighted by atomic mass is 16.6. The summed E-state index contributed by atoms with van der Waals surface area (Å²) in [7, 11) is 0. The van der Waals surface area contributed by atoms with Crippen molar-refractivity contribution in [2.24, 2.45) is 5.41 Å². The molecule has 3 atom stereocenters. The van der Waals surface area contributed by atoms with E-state index in [9.17, 15) is 15.2 Å². The second kappa shape index (κ2) is 4.11. The molecular weight excluding hydrogens is 218 g/mol. The molecule has 1 N–H and O–H groups in total. The zero-order chi connectivity index (χ0) is 12.6. The van der Waals surface area contributed by atoms with Crippen LogP contribution in [0.5, 0.6) is 0 Å². The molecule has 0 aliphatic heterocycles. The molecular formula is C13H17NO3. The normalized spacial score (nSPS) is 31.9. The first-order valence-electron chi connectivity index (χ1n) is 5.92. The topological polar surface area (TPSA) is 63.4 Å². The molecule has 92 valence electrons. The van der Waals surface area contributed by atoms with E-state index in [4.69, 9.17) is 0 Å². The summed E-state index contributed by atoms with van der Waals surface area (Å²) in [4.78, 5) is 10.7. The van der Waals surface area contributed by atoms with Crippen molar-refractivity contribution < 1.29 is 10.0 Å². The maximum atomic E-state index is 11.0. The van der Waals surface area contributed by atoms with Crippen LogP contribution < -0.4 is 0 Å². The Labute approximate surface area is 100 Å². The van der Waals surface area contributed by atoms with Gasteiger partial charge in [-0.05, 0) is 12.8 Å². The smallest absolute Gasteiger partial charge is 0.272 e. The van der Waals surface area contributed by atoms with Crippen LogP contribution in [0.3, 0.4) is 0 Å². The van der Waals surface area contributed by atoms with Crippen LogP contribution in [0.1, 0.15) is 38.2 Å². The number of rotatable bonds is 3. The molecule has 1 aliphatic carbocycles. The molecule has 0 bridgehead atoms. The van der Waals surface area contributed by atoms with Gasteiger partial charge in [-0.2, -0.15) is 0 Å². The quantitative estimate of drug-likeness (QED) is 0.647. The Kier molecular flexibility index (Phi) is 2.91. The lowest BCUT2D eigenvalue weighted by atomic mass is 9.55. The van der Waals surface area contributed by atoms with Crippen molar-refractivity contribution in [3.63, 3.8) is 0 Å². The predicted octanol–water partition coefficient (Wildman–Crippen LogP) is 2.86. The molecule has 0 heterocycles. The van der Waals surface area contributed by atoms with Crippen LogP contribution in [0.4, 0.5) is 5.69 Å². The van der Waals surface area contributed by atoms with Gasteiger partial charge in [0.25, 0.3) is 5.69 Å².